The molecule has 4 rings (SSSR count). The SMILES string of the molecule is O=C(NCc1cccnc1OCc1ccccc1)[C@@H]1CCCN(C(=O)N2CCCC2)C1. The van der Waals surface area contributed by atoms with Crippen LogP contribution in [0.1, 0.15) is 36.8 Å². The average Bonchev–Trinajstić information content (AvgIpc) is 3.37. The molecule has 3 amide bonds. The number of likely N-dealkylation sites (tertiary alicyclic amines) is 2. The number of nitrogens with zero attached hydrogens (tertiary/aromatic N) is 3. The molecular formula is C24H30N4O3. The number of amides is 3. The highest BCUT2D eigenvalue weighted by atomic mass is 16.5. The summed E-state index contributed by atoms with van der Waals surface area (Å²) in [5.41, 5.74) is 1.90. The molecule has 0 spiro atoms. The third-order valence-corrected chi connectivity index (χ3v) is 5.96. The van der Waals surface area contributed by atoms with Crippen molar-refractivity contribution < 1.29 is 14.3 Å². The Labute approximate surface area is 183 Å². The van der Waals surface area contributed by atoms with E-state index in [2.05, 4.69) is 10.3 Å². The predicted octanol–water partition coefficient (Wildman–Crippen LogP) is 3.20. The minimum absolute atomic E-state index is 0.0169. The van der Waals surface area contributed by atoms with Crippen molar-refractivity contribution in [2.24, 2.45) is 5.92 Å². The summed E-state index contributed by atoms with van der Waals surface area (Å²) in [6.45, 7) is 3.67. The van der Waals surface area contributed by atoms with Crippen molar-refractivity contribution in [3.8, 4) is 5.88 Å². The second-order valence-electron chi connectivity index (χ2n) is 8.22. The summed E-state index contributed by atoms with van der Waals surface area (Å²) in [7, 11) is 0. The Hall–Kier alpha value is -3.09. The lowest BCUT2D eigenvalue weighted by Crippen LogP contribution is -2.49. The summed E-state index contributed by atoms with van der Waals surface area (Å²) in [4.78, 5) is 33.6. The van der Waals surface area contributed by atoms with Gasteiger partial charge < -0.3 is 19.9 Å². The molecule has 0 saturated carbocycles. The first-order valence-electron chi connectivity index (χ1n) is 11.1. The number of aromatic nitrogens is 1. The van der Waals surface area contributed by atoms with Crippen LogP contribution < -0.4 is 10.1 Å². The summed E-state index contributed by atoms with van der Waals surface area (Å²) in [6, 6.07) is 13.8. The number of carbonyl (C=O) groups excluding carboxylic acids is 2. The van der Waals surface area contributed by atoms with Crippen LogP contribution in [0.25, 0.3) is 0 Å². The lowest BCUT2D eigenvalue weighted by molar-refractivity contribution is -0.126. The average molecular weight is 423 g/mol. The molecule has 2 aromatic rings. The van der Waals surface area contributed by atoms with Crippen molar-refractivity contribution in [1.29, 1.82) is 0 Å². The first-order valence-corrected chi connectivity index (χ1v) is 11.1. The quantitative estimate of drug-likeness (QED) is 0.776. The number of carbonyl (C=O) groups is 2. The van der Waals surface area contributed by atoms with Gasteiger partial charge in [-0.1, -0.05) is 36.4 Å². The van der Waals surface area contributed by atoms with Crippen LogP contribution in [0.3, 0.4) is 0 Å². The number of piperidine rings is 1. The number of rotatable bonds is 6. The van der Waals surface area contributed by atoms with Crippen LogP contribution in [0, 0.1) is 5.92 Å². The van der Waals surface area contributed by atoms with Gasteiger partial charge in [-0.3, -0.25) is 4.79 Å². The van der Waals surface area contributed by atoms with Gasteiger partial charge in [-0.25, -0.2) is 9.78 Å². The minimum Gasteiger partial charge on any atom is -0.473 e. The molecule has 0 radical (unpaired) electrons. The number of benzene rings is 1. The van der Waals surface area contributed by atoms with Crippen molar-refractivity contribution in [3.05, 3.63) is 59.8 Å². The third-order valence-electron chi connectivity index (χ3n) is 5.96. The zero-order chi connectivity index (χ0) is 21.5. The number of hydrogen-bond donors (Lipinski definition) is 1. The number of ether oxygens (including phenoxy) is 1. The molecule has 2 aliphatic heterocycles. The number of urea groups is 1. The van der Waals surface area contributed by atoms with E-state index in [0.29, 0.717) is 25.6 Å². The molecule has 164 valence electrons. The standard InChI is InChI=1S/C24H30N4O3/c29-22(21-11-7-15-28(17-21)24(30)27-13-4-5-14-27)26-16-20-10-6-12-25-23(20)31-18-19-8-2-1-3-9-19/h1-3,6,8-10,12,21H,4-5,7,11,13-18H2,(H,26,29)/t21-/m1/s1. The van der Waals surface area contributed by atoms with Crippen LogP contribution in [-0.4, -0.2) is 52.9 Å². The minimum atomic E-state index is -0.175. The maximum absolute atomic E-state index is 12.8. The van der Waals surface area contributed by atoms with Gasteiger partial charge in [0.15, 0.2) is 0 Å². The summed E-state index contributed by atoms with van der Waals surface area (Å²) >= 11 is 0. The Morgan fingerprint density at radius 2 is 1.77 bits per heavy atom. The van der Waals surface area contributed by atoms with Gasteiger partial charge in [-0.05, 0) is 37.3 Å². The summed E-state index contributed by atoms with van der Waals surface area (Å²) < 4.78 is 5.89. The fraction of sp³-hybridized carbons (Fsp3) is 0.458. The van der Waals surface area contributed by atoms with E-state index >= 15 is 0 Å². The van der Waals surface area contributed by atoms with Gasteiger partial charge in [-0.15, -0.1) is 0 Å². The van der Waals surface area contributed by atoms with Gasteiger partial charge in [0.25, 0.3) is 0 Å². The first-order chi connectivity index (χ1) is 15.2. The van der Waals surface area contributed by atoms with Gasteiger partial charge in [0.05, 0.1) is 5.92 Å². The largest absolute Gasteiger partial charge is 0.473 e. The molecule has 7 heteroatoms. The van der Waals surface area contributed by atoms with E-state index in [1.54, 1.807) is 6.20 Å². The van der Waals surface area contributed by atoms with Crippen LogP contribution in [0.2, 0.25) is 0 Å². The smallest absolute Gasteiger partial charge is 0.320 e. The molecule has 0 bridgehead atoms. The molecular weight excluding hydrogens is 392 g/mol. The van der Waals surface area contributed by atoms with Crippen molar-refractivity contribution in [1.82, 2.24) is 20.1 Å². The van der Waals surface area contributed by atoms with E-state index in [4.69, 9.17) is 4.74 Å². The second kappa shape index (κ2) is 10.3. The molecule has 1 atom stereocenters. The third kappa shape index (κ3) is 5.54. The molecule has 1 aromatic carbocycles. The monoisotopic (exact) mass is 422 g/mol. The highest BCUT2D eigenvalue weighted by Gasteiger charge is 2.31. The van der Waals surface area contributed by atoms with Gasteiger partial charge >= 0.3 is 6.03 Å². The van der Waals surface area contributed by atoms with E-state index in [-0.39, 0.29) is 17.9 Å². The number of pyridine rings is 1. The van der Waals surface area contributed by atoms with E-state index in [9.17, 15) is 9.59 Å². The zero-order valence-electron chi connectivity index (χ0n) is 17.8. The number of hydrogen-bond acceptors (Lipinski definition) is 4. The zero-order valence-corrected chi connectivity index (χ0v) is 17.8. The summed E-state index contributed by atoms with van der Waals surface area (Å²) in [5, 5.41) is 3.03. The van der Waals surface area contributed by atoms with Crippen LogP contribution in [0.5, 0.6) is 5.88 Å². The molecule has 3 heterocycles. The van der Waals surface area contributed by atoms with Gasteiger partial charge in [-0.2, -0.15) is 0 Å². The fourth-order valence-electron chi connectivity index (χ4n) is 4.21. The summed E-state index contributed by atoms with van der Waals surface area (Å²) in [6.07, 6.45) is 5.50. The highest BCUT2D eigenvalue weighted by molar-refractivity contribution is 5.81. The highest BCUT2D eigenvalue weighted by Crippen LogP contribution is 2.21. The Morgan fingerprint density at radius 3 is 2.58 bits per heavy atom. The molecule has 0 aliphatic carbocycles. The van der Waals surface area contributed by atoms with Crippen molar-refractivity contribution in [3.63, 3.8) is 0 Å². The second-order valence-corrected chi connectivity index (χ2v) is 8.22. The van der Waals surface area contributed by atoms with E-state index in [0.717, 1.165) is 56.4 Å². The van der Waals surface area contributed by atoms with Gasteiger partial charge in [0.1, 0.15) is 6.61 Å². The maximum atomic E-state index is 12.8. The van der Waals surface area contributed by atoms with E-state index in [1.807, 2.05) is 52.3 Å². The van der Waals surface area contributed by atoms with Gasteiger partial charge in [0.2, 0.25) is 11.8 Å². The van der Waals surface area contributed by atoms with Crippen LogP contribution in [0.4, 0.5) is 4.79 Å². The molecule has 2 fully saturated rings. The molecule has 1 aromatic heterocycles. The van der Waals surface area contributed by atoms with Crippen molar-refractivity contribution >= 4 is 11.9 Å². The Bertz CT molecular complexity index is 883. The lowest BCUT2D eigenvalue weighted by atomic mass is 9.97. The Balaban J connectivity index is 1.30. The molecule has 31 heavy (non-hydrogen) atoms. The molecule has 1 N–H and O–H groups in total. The molecule has 0 unspecified atom stereocenters. The molecule has 7 nitrogen and oxygen atoms in total. The van der Waals surface area contributed by atoms with E-state index in [1.165, 1.54) is 0 Å². The fourth-order valence-corrected chi connectivity index (χ4v) is 4.21. The summed E-state index contributed by atoms with van der Waals surface area (Å²) in [5.74, 6) is 0.337. The van der Waals surface area contributed by atoms with E-state index < -0.39 is 0 Å². The van der Waals surface area contributed by atoms with Crippen molar-refractivity contribution in [2.45, 2.75) is 38.8 Å². The van der Waals surface area contributed by atoms with Crippen LogP contribution in [0.15, 0.2) is 48.7 Å². The maximum Gasteiger partial charge on any atom is 0.320 e. The first kappa shape index (κ1) is 21.2. The topological polar surface area (TPSA) is 74.8 Å². The lowest BCUT2D eigenvalue weighted by Gasteiger charge is -2.34. The molecule has 2 aliphatic rings. The predicted molar refractivity (Wildman–Crippen MR) is 117 cm³/mol. The Morgan fingerprint density at radius 1 is 1.00 bits per heavy atom. The normalized spacial score (nSPS) is 18.6. The number of nitrogens with one attached hydrogen (secondary N) is 1. The van der Waals surface area contributed by atoms with Crippen LogP contribution >= 0.6 is 0 Å². The van der Waals surface area contributed by atoms with Crippen molar-refractivity contribution in [2.75, 3.05) is 26.2 Å². The Kier molecular flexibility index (Phi) is 7.02. The molecule has 2 saturated heterocycles. The van der Waals surface area contributed by atoms with Crippen LogP contribution in [-0.2, 0) is 17.9 Å². The van der Waals surface area contributed by atoms with Gasteiger partial charge in [0, 0.05) is 44.5 Å².